The molecular weight excluding hydrogens is 267 g/mol. The van der Waals surface area contributed by atoms with Gasteiger partial charge in [-0.1, -0.05) is 26.2 Å². The third kappa shape index (κ3) is 3.89. The van der Waals surface area contributed by atoms with Gasteiger partial charge in [-0.05, 0) is 6.42 Å². The highest BCUT2D eigenvalue weighted by atomic mass is 19.2. The lowest BCUT2D eigenvalue weighted by molar-refractivity contribution is 0.110. The van der Waals surface area contributed by atoms with Gasteiger partial charge >= 0.3 is 0 Å². The van der Waals surface area contributed by atoms with Crippen LogP contribution >= 0.6 is 0 Å². The van der Waals surface area contributed by atoms with E-state index in [-0.39, 0.29) is 6.61 Å². The van der Waals surface area contributed by atoms with Gasteiger partial charge in [0.1, 0.15) is 0 Å². The van der Waals surface area contributed by atoms with Crippen LogP contribution in [-0.2, 0) is 11.3 Å². The van der Waals surface area contributed by atoms with Gasteiger partial charge in [0.25, 0.3) is 0 Å². The predicted molar refractivity (Wildman–Crippen MR) is 59.7 cm³/mol. The van der Waals surface area contributed by atoms with Gasteiger partial charge in [-0.2, -0.15) is 0 Å². The lowest BCUT2D eigenvalue weighted by Crippen LogP contribution is -2.09. The molecule has 0 aromatic heterocycles. The van der Waals surface area contributed by atoms with E-state index in [1.165, 1.54) is 0 Å². The maximum atomic E-state index is 13.2. The summed E-state index contributed by atoms with van der Waals surface area (Å²) in [5.74, 6) is -9.73. The number of ether oxygens (including phenoxy) is 1. The van der Waals surface area contributed by atoms with Crippen molar-refractivity contribution in [1.82, 2.24) is 0 Å². The second-order valence-corrected chi connectivity index (χ2v) is 4.02. The van der Waals surface area contributed by atoms with Crippen LogP contribution in [0.3, 0.4) is 0 Å². The molecule has 0 aliphatic heterocycles. The van der Waals surface area contributed by atoms with Crippen LogP contribution < -0.4 is 0 Å². The third-order valence-electron chi connectivity index (χ3n) is 2.59. The molecule has 1 aromatic rings. The summed E-state index contributed by atoms with van der Waals surface area (Å²) in [5.41, 5.74) is -0.937. The summed E-state index contributed by atoms with van der Waals surface area (Å²) in [4.78, 5) is 0. The molecule has 6 heteroatoms. The molecule has 0 atom stereocenters. The number of hydrogen-bond donors (Lipinski definition) is 0. The smallest absolute Gasteiger partial charge is 0.200 e. The minimum atomic E-state index is -2.16. The van der Waals surface area contributed by atoms with Gasteiger partial charge in [0.05, 0.1) is 12.2 Å². The van der Waals surface area contributed by atoms with Crippen LogP contribution in [0.5, 0.6) is 0 Å². The minimum absolute atomic E-state index is 0.194. The molecule has 0 unspecified atom stereocenters. The van der Waals surface area contributed by atoms with Gasteiger partial charge in [-0.15, -0.1) is 0 Å². The van der Waals surface area contributed by atoms with Crippen LogP contribution in [0.4, 0.5) is 22.0 Å². The Hall–Kier alpha value is -1.17. The molecule has 0 fully saturated rings. The van der Waals surface area contributed by atoms with E-state index in [4.69, 9.17) is 4.74 Å². The molecule has 1 radical (unpaired) electrons. The first-order valence-corrected chi connectivity index (χ1v) is 5.88. The average Bonchev–Trinajstić information content (AvgIpc) is 2.41. The fraction of sp³-hybridized carbons (Fsp3) is 0.462. The van der Waals surface area contributed by atoms with Crippen molar-refractivity contribution in [3.8, 4) is 0 Å². The van der Waals surface area contributed by atoms with Crippen molar-refractivity contribution in [3.05, 3.63) is 41.6 Å². The van der Waals surface area contributed by atoms with E-state index >= 15 is 0 Å². The molecule has 0 bridgehead atoms. The molecule has 0 N–H and O–H groups in total. The summed E-state index contributed by atoms with van der Waals surface area (Å²) in [6.45, 7) is 3.19. The normalized spacial score (nSPS) is 11.1. The van der Waals surface area contributed by atoms with Gasteiger partial charge in [0.2, 0.25) is 5.82 Å². The van der Waals surface area contributed by atoms with Crippen LogP contribution in [0.1, 0.15) is 31.2 Å². The molecule has 0 saturated carbocycles. The molecule has 0 aliphatic rings. The number of hydrogen-bond acceptors (Lipinski definition) is 1. The SMILES string of the molecule is [CH2]CCCCCOCc1c(F)c(F)c(F)c(F)c1F. The van der Waals surface area contributed by atoms with E-state index in [0.717, 1.165) is 19.3 Å². The quantitative estimate of drug-likeness (QED) is 0.313. The van der Waals surface area contributed by atoms with E-state index in [1.54, 1.807) is 0 Å². The highest BCUT2D eigenvalue weighted by molar-refractivity contribution is 5.23. The van der Waals surface area contributed by atoms with E-state index in [0.29, 0.717) is 6.42 Å². The summed E-state index contributed by atoms with van der Waals surface area (Å²) >= 11 is 0. The van der Waals surface area contributed by atoms with Crippen molar-refractivity contribution < 1.29 is 26.7 Å². The van der Waals surface area contributed by atoms with Gasteiger partial charge in [0.15, 0.2) is 23.3 Å². The predicted octanol–water partition coefficient (Wildman–Crippen LogP) is 4.29. The molecule has 107 valence electrons. The summed E-state index contributed by atoms with van der Waals surface area (Å²) in [6.07, 6.45) is 3.15. The molecule has 1 nitrogen and oxygen atoms in total. The fourth-order valence-corrected chi connectivity index (χ4v) is 1.51. The highest BCUT2D eigenvalue weighted by Gasteiger charge is 2.25. The number of halogens is 5. The van der Waals surface area contributed by atoms with Gasteiger partial charge in [-0.25, -0.2) is 22.0 Å². The molecule has 1 rings (SSSR count). The second-order valence-electron chi connectivity index (χ2n) is 4.02. The molecule has 0 spiro atoms. The van der Waals surface area contributed by atoms with Crippen LogP contribution in [0.2, 0.25) is 0 Å². The minimum Gasteiger partial charge on any atom is -0.377 e. The lowest BCUT2D eigenvalue weighted by Gasteiger charge is -2.09. The van der Waals surface area contributed by atoms with Crippen molar-refractivity contribution in [2.24, 2.45) is 0 Å². The first-order chi connectivity index (χ1) is 9.00. The maximum Gasteiger partial charge on any atom is 0.200 e. The lowest BCUT2D eigenvalue weighted by atomic mass is 10.2. The Morgan fingerprint density at radius 1 is 0.737 bits per heavy atom. The topological polar surface area (TPSA) is 9.23 Å². The van der Waals surface area contributed by atoms with Crippen molar-refractivity contribution in [3.63, 3.8) is 0 Å². The van der Waals surface area contributed by atoms with Crippen LogP contribution in [0.15, 0.2) is 0 Å². The largest absolute Gasteiger partial charge is 0.377 e. The Bertz CT molecular complexity index is 405. The molecular formula is C13H14F5O. The maximum absolute atomic E-state index is 13.2. The van der Waals surface area contributed by atoms with Crippen molar-refractivity contribution in [2.75, 3.05) is 6.61 Å². The Morgan fingerprint density at radius 2 is 1.26 bits per heavy atom. The first kappa shape index (κ1) is 15.9. The molecule has 0 heterocycles. The zero-order valence-electron chi connectivity index (χ0n) is 10.2. The van der Waals surface area contributed by atoms with Crippen molar-refractivity contribution in [1.29, 1.82) is 0 Å². The summed E-state index contributed by atoms with van der Waals surface area (Å²) in [5, 5.41) is 0. The Kier molecular flexibility index (Phi) is 6.21. The first-order valence-electron chi connectivity index (χ1n) is 5.88. The second kappa shape index (κ2) is 7.43. The molecule has 0 amide bonds. The summed E-state index contributed by atoms with van der Waals surface area (Å²) in [7, 11) is 0. The van der Waals surface area contributed by atoms with Gasteiger partial charge in [0, 0.05) is 6.61 Å². The Balaban J connectivity index is 2.64. The van der Waals surface area contributed by atoms with Gasteiger partial charge < -0.3 is 4.74 Å². The van der Waals surface area contributed by atoms with Crippen LogP contribution in [0, 0.1) is 36.0 Å². The third-order valence-corrected chi connectivity index (χ3v) is 2.59. The van der Waals surface area contributed by atoms with E-state index in [9.17, 15) is 22.0 Å². The fourth-order valence-electron chi connectivity index (χ4n) is 1.51. The molecule has 0 aliphatic carbocycles. The summed E-state index contributed by atoms with van der Waals surface area (Å²) < 4.78 is 69.8. The summed E-state index contributed by atoms with van der Waals surface area (Å²) in [6, 6.07) is 0. The van der Waals surface area contributed by atoms with Crippen molar-refractivity contribution >= 4 is 0 Å². The van der Waals surface area contributed by atoms with E-state index in [2.05, 4.69) is 6.92 Å². The van der Waals surface area contributed by atoms with E-state index in [1.807, 2.05) is 0 Å². The monoisotopic (exact) mass is 281 g/mol. The number of rotatable bonds is 7. The average molecular weight is 281 g/mol. The van der Waals surface area contributed by atoms with Crippen molar-refractivity contribution in [2.45, 2.75) is 32.3 Å². The number of unbranched alkanes of at least 4 members (excludes halogenated alkanes) is 3. The Morgan fingerprint density at radius 3 is 1.79 bits per heavy atom. The van der Waals surface area contributed by atoms with E-state index < -0.39 is 41.3 Å². The highest BCUT2D eigenvalue weighted by Crippen LogP contribution is 2.23. The molecule has 0 saturated heterocycles. The molecule has 1 aromatic carbocycles. The molecule has 19 heavy (non-hydrogen) atoms. The zero-order chi connectivity index (χ0) is 14.4. The van der Waals surface area contributed by atoms with Crippen LogP contribution in [-0.4, -0.2) is 6.61 Å². The van der Waals surface area contributed by atoms with Crippen LogP contribution in [0.25, 0.3) is 0 Å². The Labute approximate surface area is 108 Å². The number of benzene rings is 1. The standard InChI is InChI=1S/C13H14F5O/c1-2-3-4-5-6-19-7-8-9(14)11(16)13(18)12(17)10(8)15/h1-7H2. The zero-order valence-corrected chi connectivity index (χ0v) is 10.2. The van der Waals surface area contributed by atoms with Gasteiger partial charge in [-0.3, -0.25) is 0 Å².